The van der Waals surface area contributed by atoms with Crippen molar-refractivity contribution in [3.05, 3.63) is 29.8 Å². The molecular formula is C16H27NO3S. The molecule has 120 valence electrons. The fourth-order valence-corrected chi connectivity index (χ4v) is 2.92. The van der Waals surface area contributed by atoms with Gasteiger partial charge in [0.1, 0.15) is 5.75 Å². The molecule has 1 N–H and O–H groups in total. The molecule has 1 atom stereocenters. The Hall–Kier alpha value is -1.07. The van der Waals surface area contributed by atoms with Gasteiger partial charge in [-0.2, -0.15) is 0 Å². The molecule has 0 amide bonds. The van der Waals surface area contributed by atoms with Crippen molar-refractivity contribution in [2.45, 2.75) is 44.4 Å². The van der Waals surface area contributed by atoms with Gasteiger partial charge in [-0.15, -0.1) is 0 Å². The van der Waals surface area contributed by atoms with E-state index in [1.54, 1.807) is 21.0 Å². The smallest absolute Gasteiger partial charge is 0.154 e. The van der Waals surface area contributed by atoms with Gasteiger partial charge >= 0.3 is 0 Å². The minimum atomic E-state index is -3.17. The van der Waals surface area contributed by atoms with Crippen molar-refractivity contribution in [3.63, 3.8) is 0 Å². The minimum absolute atomic E-state index is 0.163. The molecule has 4 nitrogen and oxygen atoms in total. The summed E-state index contributed by atoms with van der Waals surface area (Å²) in [6.07, 6.45) is 2.88. The molecule has 1 unspecified atom stereocenters. The summed E-state index contributed by atoms with van der Waals surface area (Å²) in [6, 6.07) is 7.58. The van der Waals surface area contributed by atoms with Crippen molar-refractivity contribution >= 4 is 9.84 Å². The van der Waals surface area contributed by atoms with Crippen molar-refractivity contribution in [2.75, 3.05) is 19.9 Å². The number of ether oxygens (including phenoxy) is 1. The topological polar surface area (TPSA) is 55.4 Å². The molecule has 0 spiro atoms. The van der Waals surface area contributed by atoms with Gasteiger partial charge in [-0.05, 0) is 44.9 Å². The first-order valence-corrected chi connectivity index (χ1v) is 9.18. The zero-order valence-corrected chi connectivity index (χ0v) is 14.5. The Kier molecular flexibility index (Phi) is 6.23. The van der Waals surface area contributed by atoms with Crippen molar-refractivity contribution < 1.29 is 13.2 Å². The average Bonchev–Trinajstić information content (AvgIpc) is 2.42. The highest BCUT2D eigenvalue weighted by atomic mass is 32.2. The Balaban J connectivity index is 3.09. The first kappa shape index (κ1) is 18.0. The third-order valence-corrected chi connectivity index (χ3v) is 6.25. The van der Waals surface area contributed by atoms with E-state index in [9.17, 15) is 8.42 Å². The summed E-state index contributed by atoms with van der Waals surface area (Å²) in [5.41, 5.74) is 1.02. The predicted octanol–water partition coefficient (Wildman–Crippen LogP) is 2.43. The zero-order chi connectivity index (χ0) is 16.1. The lowest BCUT2D eigenvalue weighted by Gasteiger charge is -2.34. The van der Waals surface area contributed by atoms with E-state index in [-0.39, 0.29) is 6.04 Å². The number of benzene rings is 1. The third-order valence-electron chi connectivity index (χ3n) is 4.05. The molecule has 0 saturated carbocycles. The van der Waals surface area contributed by atoms with Crippen molar-refractivity contribution in [3.8, 4) is 5.75 Å². The Morgan fingerprint density at radius 1 is 1.29 bits per heavy atom. The van der Waals surface area contributed by atoms with E-state index in [0.29, 0.717) is 6.42 Å². The summed E-state index contributed by atoms with van der Waals surface area (Å²) in [6.45, 7) is 6.43. The van der Waals surface area contributed by atoms with Crippen LogP contribution in [0.4, 0.5) is 0 Å². The number of sulfone groups is 1. The van der Waals surface area contributed by atoms with Crippen molar-refractivity contribution in [1.82, 2.24) is 5.32 Å². The number of hydrogen-bond donors (Lipinski definition) is 1. The van der Waals surface area contributed by atoms with E-state index in [1.807, 2.05) is 24.3 Å². The van der Waals surface area contributed by atoms with Crippen LogP contribution in [0.1, 0.15) is 32.8 Å². The van der Waals surface area contributed by atoms with Crippen LogP contribution in [0.25, 0.3) is 0 Å². The monoisotopic (exact) mass is 313 g/mol. The molecule has 0 fully saturated rings. The van der Waals surface area contributed by atoms with Gasteiger partial charge in [0.15, 0.2) is 9.84 Å². The molecule has 1 rings (SSSR count). The molecule has 0 saturated heterocycles. The maximum atomic E-state index is 12.1. The number of hydrogen-bond acceptors (Lipinski definition) is 4. The lowest BCUT2D eigenvalue weighted by atomic mass is 9.95. The SMILES string of the molecule is CCCNC(Cc1ccccc1OC)C(C)(C)S(C)(=O)=O. The lowest BCUT2D eigenvalue weighted by molar-refractivity contribution is 0.385. The molecule has 5 heteroatoms. The molecule has 0 aromatic heterocycles. The normalized spacial score (nSPS) is 14.0. The van der Waals surface area contributed by atoms with Gasteiger partial charge in [0.25, 0.3) is 0 Å². The van der Waals surface area contributed by atoms with Gasteiger partial charge in [-0.1, -0.05) is 25.1 Å². The van der Waals surface area contributed by atoms with Crippen LogP contribution in [-0.4, -0.2) is 39.1 Å². The number of nitrogens with one attached hydrogen (secondary N) is 1. The van der Waals surface area contributed by atoms with Crippen LogP contribution < -0.4 is 10.1 Å². The summed E-state index contributed by atoms with van der Waals surface area (Å²) in [4.78, 5) is 0. The molecule has 0 heterocycles. The third kappa shape index (κ3) is 4.45. The van der Waals surface area contributed by atoms with Crippen LogP contribution in [0, 0.1) is 0 Å². The highest BCUT2D eigenvalue weighted by Gasteiger charge is 2.38. The van der Waals surface area contributed by atoms with Crippen LogP contribution in [0.2, 0.25) is 0 Å². The molecular weight excluding hydrogens is 286 g/mol. The summed E-state index contributed by atoms with van der Waals surface area (Å²) in [5.74, 6) is 0.796. The van der Waals surface area contributed by atoms with Gasteiger partial charge in [0.2, 0.25) is 0 Å². The molecule has 0 aliphatic carbocycles. The van der Waals surface area contributed by atoms with Gasteiger partial charge < -0.3 is 10.1 Å². The maximum Gasteiger partial charge on any atom is 0.154 e. The summed E-state index contributed by atoms with van der Waals surface area (Å²) in [5, 5.41) is 3.38. The Bertz CT molecular complexity index is 552. The van der Waals surface area contributed by atoms with Gasteiger partial charge in [-0.25, -0.2) is 8.42 Å². The first-order valence-electron chi connectivity index (χ1n) is 7.29. The summed E-state index contributed by atoms with van der Waals surface area (Å²) < 4.78 is 28.8. The van der Waals surface area contributed by atoms with E-state index in [0.717, 1.165) is 24.3 Å². The second kappa shape index (κ2) is 7.27. The first-order chi connectivity index (χ1) is 9.74. The molecule has 21 heavy (non-hydrogen) atoms. The number of para-hydroxylation sites is 1. The standard InChI is InChI=1S/C16H27NO3S/c1-6-11-17-15(16(2,3)21(5,18)19)12-13-9-7-8-10-14(13)20-4/h7-10,15,17H,6,11-12H2,1-5H3. The quantitative estimate of drug-likeness (QED) is 0.801. The fourth-order valence-electron chi connectivity index (χ4n) is 2.23. The van der Waals surface area contributed by atoms with E-state index in [2.05, 4.69) is 12.2 Å². The van der Waals surface area contributed by atoms with Crippen LogP contribution in [0.15, 0.2) is 24.3 Å². The molecule has 0 bridgehead atoms. The van der Waals surface area contributed by atoms with Crippen LogP contribution >= 0.6 is 0 Å². The fraction of sp³-hybridized carbons (Fsp3) is 0.625. The zero-order valence-electron chi connectivity index (χ0n) is 13.6. The van der Waals surface area contributed by atoms with Crippen LogP contribution in [0.3, 0.4) is 0 Å². The second-order valence-corrected chi connectivity index (χ2v) is 8.49. The maximum absolute atomic E-state index is 12.1. The molecule has 1 aromatic rings. The molecule has 1 aromatic carbocycles. The van der Waals surface area contributed by atoms with Gasteiger partial charge in [0, 0.05) is 12.3 Å². The van der Waals surface area contributed by atoms with E-state index in [4.69, 9.17) is 4.74 Å². The van der Waals surface area contributed by atoms with Crippen molar-refractivity contribution in [2.24, 2.45) is 0 Å². The Morgan fingerprint density at radius 3 is 2.43 bits per heavy atom. The highest BCUT2D eigenvalue weighted by Crippen LogP contribution is 2.26. The summed E-state index contributed by atoms with van der Waals surface area (Å²) in [7, 11) is -1.54. The average molecular weight is 313 g/mol. The molecule has 0 aliphatic rings. The predicted molar refractivity (Wildman–Crippen MR) is 87.7 cm³/mol. The molecule has 0 aliphatic heterocycles. The van der Waals surface area contributed by atoms with E-state index in [1.165, 1.54) is 6.26 Å². The largest absolute Gasteiger partial charge is 0.496 e. The van der Waals surface area contributed by atoms with Crippen molar-refractivity contribution in [1.29, 1.82) is 0 Å². The van der Waals surface area contributed by atoms with Crippen LogP contribution in [0.5, 0.6) is 5.75 Å². The Morgan fingerprint density at radius 2 is 1.90 bits per heavy atom. The number of rotatable bonds is 8. The second-order valence-electron chi connectivity index (χ2n) is 5.90. The highest BCUT2D eigenvalue weighted by molar-refractivity contribution is 7.92. The van der Waals surface area contributed by atoms with Gasteiger partial charge in [0.05, 0.1) is 11.9 Å². The summed E-state index contributed by atoms with van der Waals surface area (Å²) >= 11 is 0. The van der Waals surface area contributed by atoms with Crippen LogP contribution in [-0.2, 0) is 16.3 Å². The van der Waals surface area contributed by atoms with Gasteiger partial charge in [-0.3, -0.25) is 0 Å². The molecule has 0 radical (unpaired) electrons. The number of methoxy groups -OCH3 is 1. The minimum Gasteiger partial charge on any atom is -0.496 e. The van der Waals surface area contributed by atoms with E-state index < -0.39 is 14.6 Å². The van der Waals surface area contributed by atoms with E-state index >= 15 is 0 Å². The lowest BCUT2D eigenvalue weighted by Crippen LogP contribution is -2.52. The Labute approximate surface area is 128 Å².